The number of carbonyl (C=O) groups excluding carboxylic acids is 3. The van der Waals surface area contributed by atoms with Crippen LogP contribution in [-0.4, -0.2) is 62.6 Å². The second-order valence-electron chi connectivity index (χ2n) is 10.1. The monoisotopic (exact) mass is 568 g/mol. The van der Waals surface area contributed by atoms with E-state index in [1.807, 2.05) is 30.3 Å². The van der Waals surface area contributed by atoms with E-state index in [0.29, 0.717) is 28.8 Å². The van der Waals surface area contributed by atoms with Crippen molar-refractivity contribution in [3.8, 4) is 0 Å². The van der Waals surface area contributed by atoms with Crippen molar-refractivity contribution in [3.63, 3.8) is 0 Å². The van der Waals surface area contributed by atoms with Crippen LogP contribution in [0.2, 0.25) is 0 Å². The summed E-state index contributed by atoms with van der Waals surface area (Å²) in [5, 5.41) is 2.59. The van der Waals surface area contributed by atoms with Gasteiger partial charge in [-0.25, -0.2) is 9.59 Å². The number of thiocarbonyl (C=S) groups is 1. The number of allylic oxidation sites excluding steroid dienone is 1. The minimum atomic E-state index is -0.942. The van der Waals surface area contributed by atoms with Crippen LogP contribution in [0.15, 0.2) is 42.5 Å². The van der Waals surface area contributed by atoms with Crippen LogP contribution in [0.5, 0.6) is 0 Å². The third kappa shape index (κ3) is 10.7. The van der Waals surface area contributed by atoms with Gasteiger partial charge in [0.05, 0.1) is 12.5 Å². The Bertz CT molecular complexity index is 965. The van der Waals surface area contributed by atoms with Gasteiger partial charge >= 0.3 is 12.1 Å². The molecule has 1 N–H and O–H groups in total. The van der Waals surface area contributed by atoms with Crippen molar-refractivity contribution < 1.29 is 23.9 Å². The number of thioether (sulfide) groups is 1. The number of alkyl halides is 1. The lowest BCUT2D eigenvalue weighted by molar-refractivity contribution is -0.152. The van der Waals surface area contributed by atoms with Crippen LogP contribution in [-0.2, 0) is 25.5 Å². The minimum absolute atomic E-state index is 0.0756. The third-order valence-electron chi connectivity index (χ3n) is 5.41. The molecule has 10 heteroatoms. The number of alkyl carbamates (subject to hydrolysis) is 1. The molecule has 1 fully saturated rings. The highest BCUT2D eigenvalue weighted by molar-refractivity contribution is 8.23. The Morgan fingerprint density at radius 3 is 2.51 bits per heavy atom. The molecule has 0 aliphatic carbocycles. The lowest BCUT2D eigenvalue weighted by Crippen LogP contribution is -2.48. The number of amides is 2. The lowest BCUT2D eigenvalue weighted by Gasteiger charge is -2.27. The van der Waals surface area contributed by atoms with E-state index in [4.69, 9.17) is 33.3 Å². The molecule has 204 valence electrons. The molecule has 0 spiro atoms. The van der Waals surface area contributed by atoms with E-state index in [2.05, 4.69) is 5.32 Å². The van der Waals surface area contributed by atoms with Crippen LogP contribution in [0.1, 0.15) is 53.0 Å². The Labute approximate surface area is 234 Å². The van der Waals surface area contributed by atoms with E-state index < -0.39 is 29.8 Å². The summed E-state index contributed by atoms with van der Waals surface area (Å²) in [7, 11) is 0. The summed E-state index contributed by atoms with van der Waals surface area (Å²) >= 11 is 12.8. The van der Waals surface area contributed by atoms with Crippen molar-refractivity contribution in [2.45, 2.75) is 77.7 Å². The first-order valence-corrected chi connectivity index (χ1v) is 14.3. The van der Waals surface area contributed by atoms with Gasteiger partial charge in [-0.15, -0.1) is 11.6 Å². The second kappa shape index (κ2) is 14.7. The van der Waals surface area contributed by atoms with Crippen LogP contribution < -0.4 is 5.32 Å². The first kappa shape index (κ1) is 31.1. The fourth-order valence-electron chi connectivity index (χ4n) is 3.69. The summed E-state index contributed by atoms with van der Waals surface area (Å²) in [6.07, 6.45) is 3.06. The van der Waals surface area contributed by atoms with Gasteiger partial charge in [0.2, 0.25) is 5.91 Å². The van der Waals surface area contributed by atoms with Crippen LogP contribution in [0.25, 0.3) is 0 Å². The molecular formula is C27H37ClN2O5S2. The Hall–Kier alpha value is -2.10. The maximum Gasteiger partial charge on any atom is 0.408 e. The third-order valence-corrected chi connectivity index (χ3v) is 7.17. The van der Waals surface area contributed by atoms with Crippen molar-refractivity contribution in [3.05, 3.63) is 48.0 Å². The highest BCUT2D eigenvalue weighted by Crippen LogP contribution is 2.28. The second-order valence-corrected chi connectivity index (χ2v) is 12.2. The lowest BCUT2D eigenvalue weighted by atomic mass is 10.0. The van der Waals surface area contributed by atoms with Gasteiger partial charge in [0.25, 0.3) is 0 Å². The Morgan fingerprint density at radius 1 is 1.24 bits per heavy atom. The highest BCUT2D eigenvalue weighted by atomic mass is 35.5. The van der Waals surface area contributed by atoms with Crippen molar-refractivity contribution in [1.29, 1.82) is 0 Å². The van der Waals surface area contributed by atoms with Crippen LogP contribution in [0, 0.1) is 5.92 Å². The molecule has 2 unspecified atom stereocenters. The smallest absolute Gasteiger partial charge is 0.408 e. The van der Waals surface area contributed by atoms with Crippen LogP contribution >= 0.6 is 35.6 Å². The average Bonchev–Trinajstić information content (AvgIpc) is 3.16. The molecule has 3 atom stereocenters. The zero-order valence-corrected chi connectivity index (χ0v) is 24.5. The number of rotatable bonds is 11. The number of nitrogens with zero attached hydrogens (tertiary/aromatic N) is 1. The predicted octanol–water partition coefficient (Wildman–Crippen LogP) is 5.49. The maximum absolute atomic E-state index is 13.4. The van der Waals surface area contributed by atoms with Crippen molar-refractivity contribution in [1.82, 2.24) is 10.2 Å². The molecule has 0 bridgehead atoms. The summed E-state index contributed by atoms with van der Waals surface area (Å²) in [5.74, 6) is -0.0208. The van der Waals surface area contributed by atoms with E-state index in [-0.39, 0.29) is 24.3 Å². The van der Waals surface area contributed by atoms with Crippen LogP contribution in [0.3, 0.4) is 0 Å². The molecule has 37 heavy (non-hydrogen) atoms. The molecule has 0 saturated carbocycles. The van der Waals surface area contributed by atoms with Gasteiger partial charge in [-0.05, 0) is 51.2 Å². The number of hydrogen-bond donors (Lipinski definition) is 1. The van der Waals surface area contributed by atoms with Gasteiger partial charge in [0, 0.05) is 11.6 Å². The van der Waals surface area contributed by atoms with Gasteiger partial charge in [-0.2, -0.15) is 0 Å². The zero-order chi connectivity index (χ0) is 27.6. The van der Waals surface area contributed by atoms with Crippen molar-refractivity contribution in [2.75, 3.05) is 11.6 Å². The standard InChI is InChI=1S/C27H37ClN2O5S2/c1-18(2)23(29-25(33)35-27(3,4)5)24(32)34-21(13-9-10-14-28)16-22(31)30-20(17-37-26(30)36)15-19-11-7-6-8-12-19/h6-9,11-13,18,20-21,23H,10,14-17H2,1-5H3,(H,29,33)/b13-9+/t20-,21?,23?/m1/s1. The van der Waals surface area contributed by atoms with E-state index >= 15 is 0 Å². The molecule has 7 nitrogen and oxygen atoms in total. The van der Waals surface area contributed by atoms with Crippen LogP contribution in [0.4, 0.5) is 4.79 Å². The zero-order valence-electron chi connectivity index (χ0n) is 22.1. The fourth-order valence-corrected chi connectivity index (χ4v) is 5.26. The van der Waals surface area contributed by atoms with Crippen molar-refractivity contribution >= 4 is 57.9 Å². The quantitative estimate of drug-likeness (QED) is 0.163. The normalized spacial score (nSPS) is 17.6. The summed E-state index contributed by atoms with van der Waals surface area (Å²) in [5.41, 5.74) is 0.408. The molecule has 1 aliphatic rings. The number of benzene rings is 1. The first-order chi connectivity index (χ1) is 17.4. The molecule has 0 aromatic heterocycles. The largest absolute Gasteiger partial charge is 0.456 e. The maximum atomic E-state index is 13.4. The molecule has 1 heterocycles. The van der Waals surface area contributed by atoms with Gasteiger partial charge in [-0.1, -0.05) is 74.2 Å². The number of ether oxygens (including phenoxy) is 2. The molecule has 1 aromatic rings. The Kier molecular flexibility index (Phi) is 12.4. The van der Waals surface area contributed by atoms with Gasteiger partial charge in [0.15, 0.2) is 0 Å². The summed E-state index contributed by atoms with van der Waals surface area (Å²) in [4.78, 5) is 40.4. The number of hydrogen-bond acceptors (Lipinski definition) is 7. The molecule has 1 saturated heterocycles. The summed E-state index contributed by atoms with van der Waals surface area (Å²) in [6, 6.07) is 8.92. The SMILES string of the molecule is CC(C)C(NC(=O)OC(C)(C)C)C(=O)OC(/C=C/CCCl)CC(=O)N1C(=S)SC[C@H]1Cc1ccccc1. The average molecular weight is 569 g/mol. The van der Waals surface area contributed by atoms with E-state index in [0.717, 1.165) is 5.56 Å². The van der Waals surface area contributed by atoms with Crippen molar-refractivity contribution in [2.24, 2.45) is 5.92 Å². The molecule has 2 rings (SSSR count). The topological polar surface area (TPSA) is 84.9 Å². The predicted molar refractivity (Wildman–Crippen MR) is 153 cm³/mol. The van der Waals surface area contributed by atoms with Gasteiger partial charge < -0.3 is 14.8 Å². The minimum Gasteiger partial charge on any atom is -0.456 e. The van der Waals surface area contributed by atoms with E-state index in [1.54, 1.807) is 51.7 Å². The van der Waals surface area contributed by atoms with E-state index in [9.17, 15) is 14.4 Å². The summed E-state index contributed by atoms with van der Waals surface area (Å²) in [6.45, 7) is 8.81. The van der Waals surface area contributed by atoms with E-state index in [1.165, 1.54) is 11.8 Å². The fraction of sp³-hybridized carbons (Fsp3) is 0.556. The molecular weight excluding hydrogens is 532 g/mol. The Morgan fingerprint density at radius 2 is 1.92 bits per heavy atom. The number of nitrogens with one attached hydrogen (secondary N) is 1. The highest BCUT2D eigenvalue weighted by Gasteiger charge is 2.36. The number of carbonyl (C=O) groups is 3. The number of halogens is 1. The molecule has 1 aliphatic heterocycles. The first-order valence-electron chi connectivity index (χ1n) is 12.4. The van der Waals surface area contributed by atoms with Gasteiger partial charge in [0.1, 0.15) is 22.1 Å². The molecule has 2 amide bonds. The number of esters is 1. The molecule has 0 radical (unpaired) electrons. The molecule has 1 aromatic carbocycles. The van der Waals surface area contributed by atoms with Gasteiger partial charge in [-0.3, -0.25) is 9.69 Å². The Balaban J connectivity index is 2.13. The summed E-state index contributed by atoms with van der Waals surface area (Å²) < 4.78 is 11.5.